The highest BCUT2D eigenvalue weighted by Gasteiger charge is 2.31. The molecule has 2 heterocycles. The largest absolute Gasteiger partial charge is 0.381 e. The number of rotatable bonds is 3. The molecule has 0 aliphatic carbocycles. The quantitative estimate of drug-likeness (QED) is 0.640. The molecule has 4 nitrogen and oxygen atoms in total. The molecule has 0 saturated carbocycles. The molecular formula is C15H29N3OS. The number of nitrogens with zero attached hydrogens (tertiary/aromatic N) is 2. The van der Waals surface area contributed by atoms with E-state index >= 15 is 0 Å². The van der Waals surface area contributed by atoms with Gasteiger partial charge in [-0.15, -0.1) is 0 Å². The molecule has 0 radical (unpaired) electrons. The number of hydrogen-bond acceptors (Lipinski definition) is 3. The Kier molecular flexibility index (Phi) is 5.24. The molecule has 2 aliphatic rings. The number of ether oxygens (including phenoxy) is 1. The third kappa shape index (κ3) is 4.29. The van der Waals surface area contributed by atoms with Crippen LogP contribution >= 0.6 is 11.8 Å². The van der Waals surface area contributed by atoms with Crippen LogP contribution in [0.3, 0.4) is 0 Å². The highest BCUT2D eigenvalue weighted by Crippen LogP contribution is 2.30. The van der Waals surface area contributed by atoms with Crippen LogP contribution < -0.4 is 5.32 Å². The van der Waals surface area contributed by atoms with Gasteiger partial charge in [-0.25, -0.2) is 0 Å². The van der Waals surface area contributed by atoms with Crippen molar-refractivity contribution in [3.8, 4) is 0 Å². The number of aliphatic imine (C=N–C) groups is 1. The Morgan fingerprint density at radius 1 is 1.40 bits per heavy atom. The van der Waals surface area contributed by atoms with Gasteiger partial charge >= 0.3 is 0 Å². The molecule has 2 saturated heterocycles. The monoisotopic (exact) mass is 299 g/mol. The summed E-state index contributed by atoms with van der Waals surface area (Å²) in [6.07, 6.45) is 1.12. The van der Waals surface area contributed by atoms with Crippen molar-refractivity contribution in [3.63, 3.8) is 0 Å². The Hall–Kier alpha value is -0.420. The number of hydrogen-bond donors (Lipinski definition) is 1. The average Bonchev–Trinajstić information content (AvgIpc) is 2.80. The molecule has 1 N–H and O–H groups in total. The van der Waals surface area contributed by atoms with Crippen molar-refractivity contribution >= 4 is 17.7 Å². The summed E-state index contributed by atoms with van der Waals surface area (Å²) in [7, 11) is 0. The fourth-order valence-electron chi connectivity index (χ4n) is 2.72. The van der Waals surface area contributed by atoms with Gasteiger partial charge in [0.25, 0.3) is 0 Å². The third-order valence-corrected chi connectivity index (χ3v) is 5.27. The van der Waals surface area contributed by atoms with Crippen molar-refractivity contribution in [2.75, 3.05) is 45.1 Å². The molecule has 0 bridgehead atoms. The van der Waals surface area contributed by atoms with E-state index in [2.05, 4.69) is 49.7 Å². The van der Waals surface area contributed by atoms with E-state index in [0.717, 1.165) is 51.8 Å². The SMILES string of the molecule is CCNC(=NCC1(C)CCOC1)N1CCSC(C)(C)C1. The van der Waals surface area contributed by atoms with E-state index in [1.165, 1.54) is 5.75 Å². The fraction of sp³-hybridized carbons (Fsp3) is 0.933. The lowest BCUT2D eigenvalue weighted by Gasteiger charge is -2.39. The first-order valence-corrected chi connectivity index (χ1v) is 8.68. The second-order valence-corrected chi connectivity index (χ2v) is 8.62. The van der Waals surface area contributed by atoms with Gasteiger partial charge in [0.1, 0.15) is 0 Å². The first-order chi connectivity index (χ1) is 9.44. The molecule has 2 rings (SSSR count). The van der Waals surface area contributed by atoms with Crippen LogP contribution in [0.2, 0.25) is 0 Å². The van der Waals surface area contributed by atoms with Crippen LogP contribution in [0, 0.1) is 5.41 Å². The zero-order valence-electron chi connectivity index (χ0n) is 13.4. The fourth-order valence-corrected chi connectivity index (χ4v) is 3.83. The molecule has 116 valence electrons. The Morgan fingerprint density at radius 3 is 2.80 bits per heavy atom. The van der Waals surface area contributed by atoms with Crippen LogP contribution in [0.5, 0.6) is 0 Å². The van der Waals surface area contributed by atoms with Crippen molar-refractivity contribution in [3.05, 3.63) is 0 Å². The highest BCUT2D eigenvalue weighted by molar-refractivity contribution is 8.00. The summed E-state index contributed by atoms with van der Waals surface area (Å²) in [5, 5.41) is 3.46. The van der Waals surface area contributed by atoms with E-state index in [0.29, 0.717) is 4.75 Å². The van der Waals surface area contributed by atoms with Crippen LogP contribution in [0.1, 0.15) is 34.1 Å². The Morgan fingerprint density at radius 2 is 2.20 bits per heavy atom. The molecule has 20 heavy (non-hydrogen) atoms. The second kappa shape index (κ2) is 6.56. The van der Waals surface area contributed by atoms with Crippen LogP contribution in [0.15, 0.2) is 4.99 Å². The van der Waals surface area contributed by atoms with Gasteiger partial charge in [-0.05, 0) is 27.2 Å². The van der Waals surface area contributed by atoms with Gasteiger partial charge in [0, 0.05) is 42.2 Å². The molecule has 2 aliphatic heterocycles. The zero-order valence-corrected chi connectivity index (χ0v) is 14.2. The van der Waals surface area contributed by atoms with E-state index in [1.807, 2.05) is 0 Å². The predicted molar refractivity (Wildman–Crippen MR) is 87.6 cm³/mol. The van der Waals surface area contributed by atoms with Crippen molar-refractivity contribution in [1.29, 1.82) is 0 Å². The summed E-state index contributed by atoms with van der Waals surface area (Å²) in [5.41, 5.74) is 0.223. The second-order valence-electron chi connectivity index (χ2n) is 6.81. The first kappa shape index (κ1) is 16.0. The van der Waals surface area contributed by atoms with Crippen molar-refractivity contribution in [1.82, 2.24) is 10.2 Å². The molecule has 0 aromatic rings. The molecule has 1 unspecified atom stereocenters. The average molecular weight is 299 g/mol. The van der Waals surface area contributed by atoms with Gasteiger partial charge in [-0.3, -0.25) is 4.99 Å². The lowest BCUT2D eigenvalue weighted by atomic mass is 9.90. The summed E-state index contributed by atoms with van der Waals surface area (Å²) in [4.78, 5) is 7.31. The van der Waals surface area contributed by atoms with Gasteiger partial charge in [-0.1, -0.05) is 6.92 Å². The Bertz CT molecular complexity index is 351. The van der Waals surface area contributed by atoms with Gasteiger partial charge in [-0.2, -0.15) is 11.8 Å². The van der Waals surface area contributed by atoms with Crippen molar-refractivity contribution in [2.24, 2.45) is 10.4 Å². The van der Waals surface area contributed by atoms with Gasteiger partial charge in [0.05, 0.1) is 13.2 Å². The smallest absolute Gasteiger partial charge is 0.194 e. The van der Waals surface area contributed by atoms with Crippen LogP contribution in [-0.2, 0) is 4.74 Å². The van der Waals surface area contributed by atoms with Crippen molar-refractivity contribution < 1.29 is 4.74 Å². The predicted octanol–water partition coefficient (Wildman–Crippen LogP) is 2.21. The van der Waals surface area contributed by atoms with Crippen LogP contribution in [0.25, 0.3) is 0 Å². The summed E-state index contributed by atoms with van der Waals surface area (Å²) in [5.74, 6) is 2.26. The van der Waals surface area contributed by atoms with E-state index in [-0.39, 0.29) is 5.41 Å². The minimum Gasteiger partial charge on any atom is -0.381 e. The van der Waals surface area contributed by atoms with Crippen LogP contribution in [0.4, 0.5) is 0 Å². The normalized spacial score (nSPS) is 30.6. The minimum absolute atomic E-state index is 0.223. The summed E-state index contributed by atoms with van der Waals surface area (Å²) in [6.45, 7) is 14.7. The third-order valence-electron chi connectivity index (χ3n) is 3.97. The summed E-state index contributed by atoms with van der Waals surface area (Å²) in [6, 6.07) is 0. The minimum atomic E-state index is 0.223. The summed E-state index contributed by atoms with van der Waals surface area (Å²) >= 11 is 2.06. The molecular weight excluding hydrogens is 270 g/mol. The van der Waals surface area contributed by atoms with E-state index in [9.17, 15) is 0 Å². The first-order valence-electron chi connectivity index (χ1n) is 7.69. The molecule has 5 heteroatoms. The van der Waals surface area contributed by atoms with Crippen molar-refractivity contribution in [2.45, 2.75) is 38.9 Å². The van der Waals surface area contributed by atoms with Gasteiger partial charge in [0.15, 0.2) is 5.96 Å². The van der Waals surface area contributed by atoms with Gasteiger partial charge in [0.2, 0.25) is 0 Å². The highest BCUT2D eigenvalue weighted by atomic mass is 32.2. The maximum absolute atomic E-state index is 5.52. The van der Waals surface area contributed by atoms with E-state index < -0.39 is 0 Å². The molecule has 0 spiro atoms. The Labute approximate surface area is 127 Å². The molecule has 1 atom stereocenters. The molecule has 2 fully saturated rings. The van der Waals surface area contributed by atoms with E-state index in [4.69, 9.17) is 9.73 Å². The maximum atomic E-state index is 5.52. The lowest BCUT2D eigenvalue weighted by molar-refractivity contribution is 0.162. The number of guanidine groups is 1. The zero-order chi connectivity index (χ0) is 14.6. The maximum Gasteiger partial charge on any atom is 0.194 e. The summed E-state index contributed by atoms with van der Waals surface area (Å²) < 4.78 is 5.84. The van der Waals surface area contributed by atoms with Gasteiger partial charge < -0.3 is 15.0 Å². The standard InChI is InChI=1S/C15H29N3OS/c1-5-16-13(17-10-15(4)6-8-19-12-15)18-7-9-20-14(2,3)11-18/h5-12H2,1-4H3,(H,16,17). The molecule has 0 amide bonds. The molecule has 0 aromatic carbocycles. The van der Waals surface area contributed by atoms with E-state index in [1.54, 1.807) is 0 Å². The van der Waals surface area contributed by atoms with Crippen LogP contribution in [-0.4, -0.2) is 60.8 Å². The topological polar surface area (TPSA) is 36.9 Å². The number of thioether (sulfide) groups is 1. The Balaban J connectivity index is 2.01. The lowest BCUT2D eigenvalue weighted by Crippen LogP contribution is -2.51. The molecule has 0 aromatic heterocycles. The number of nitrogens with one attached hydrogen (secondary N) is 1.